The summed E-state index contributed by atoms with van der Waals surface area (Å²) in [5, 5.41) is 6.74. The molecule has 0 radical (unpaired) electrons. The topological polar surface area (TPSA) is 88.4 Å². The average molecular weight is 401 g/mol. The molecule has 0 bridgehead atoms. The number of urea groups is 1. The molecule has 0 spiro atoms. The van der Waals surface area contributed by atoms with E-state index in [1.54, 1.807) is 12.1 Å². The Labute approximate surface area is 164 Å². The third-order valence-electron chi connectivity index (χ3n) is 4.66. The molecule has 2 amide bonds. The molecule has 0 aliphatic carbocycles. The molecular formula is C21H24N2O4S. The minimum absolute atomic E-state index is 0.109. The molecule has 2 aromatic carbocycles. The quantitative estimate of drug-likeness (QED) is 0.652. The number of rotatable bonds is 5. The Morgan fingerprint density at radius 3 is 2.25 bits per heavy atom. The van der Waals surface area contributed by atoms with Gasteiger partial charge in [-0.05, 0) is 43.2 Å². The first-order valence-corrected chi connectivity index (χ1v) is 10.9. The summed E-state index contributed by atoms with van der Waals surface area (Å²) in [6, 6.07) is 13.2. The number of para-hydroxylation sites is 1. The maximum Gasteiger partial charge on any atom is 0.319 e. The number of fused-ring (bicyclic) bond motifs is 1. The third-order valence-corrected chi connectivity index (χ3v) is 5.79. The molecule has 3 aromatic rings. The fraction of sp³-hybridized carbons (Fsp3) is 0.286. The Balaban J connectivity index is 1.79. The Bertz CT molecular complexity index is 1100. The van der Waals surface area contributed by atoms with E-state index in [0.717, 1.165) is 28.5 Å². The van der Waals surface area contributed by atoms with E-state index in [9.17, 15) is 13.2 Å². The number of carbonyl (C=O) groups is 1. The van der Waals surface area contributed by atoms with Gasteiger partial charge in [0.2, 0.25) is 0 Å². The molecule has 1 atom stereocenters. The average Bonchev–Trinajstić information content (AvgIpc) is 2.96. The monoisotopic (exact) mass is 400 g/mol. The zero-order chi connectivity index (χ0) is 20.5. The van der Waals surface area contributed by atoms with Gasteiger partial charge < -0.3 is 15.1 Å². The zero-order valence-electron chi connectivity index (χ0n) is 16.3. The first-order chi connectivity index (χ1) is 13.2. The van der Waals surface area contributed by atoms with E-state index in [1.165, 1.54) is 12.1 Å². The zero-order valence-corrected chi connectivity index (χ0v) is 17.1. The van der Waals surface area contributed by atoms with E-state index in [0.29, 0.717) is 5.69 Å². The van der Waals surface area contributed by atoms with Crippen molar-refractivity contribution < 1.29 is 17.6 Å². The van der Waals surface area contributed by atoms with Gasteiger partial charge in [0.25, 0.3) is 0 Å². The van der Waals surface area contributed by atoms with Gasteiger partial charge in [-0.15, -0.1) is 0 Å². The van der Waals surface area contributed by atoms with Crippen molar-refractivity contribution in [2.75, 3.05) is 11.6 Å². The summed E-state index contributed by atoms with van der Waals surface area (Å²) in [7, 11) is -3.27. The standard InChI is InChI=1S/C21H24N2O4S/c1-13(2)19(20-14(3)17-7-5-6-8-18(17)27-20)23-21(24)22-15-9-11-16(12-10-15)28(4,25)26/h5-13,19H,1-4H3,(H2,22,23,24)/t19-/m0/s1. The fourth-order valence-corrected chi connectivity index (χ4v) is 3.75. The van der Waals surface area contributed by atoms with E-state index in [-0.39, 0.29) is 22.9 Å². The van der Waals surface area contributed by atoms with Crippen LogP contribution in [0, 0.1) is 12.8 Å². The van der Waals surface area contributed by atoms with Crippen molar-refractivity contribution in [1.29, 1.82) is 0 Å². The molecule has 1 aromatic heterocycles. The Morgan fingerprint density at radius 2 is 1.68 bits per heavy atom. The van der Waals surface area contributed by atoms with Gasteiger partial charge in [-0.25, -0.2) is 13.2 Å². The van der Waals surface area contributed by atoms with Crippen LogP contribution < -0.4 is 10.6 Å². The molecule has 0 fully saturated rings. The highest BCUT2D eigenvalue weighted by Gasteiger charge is 2.25. The van der Waals surface area contributed by atoms with Crippen molar-refractivity contribution >= 4 is 32.5 Å². The van der Waals surface area contributed by atoms with Crippen LogP contribution in [0.4, 0.5) is 10.5 Å². The third kappa shape index (κ3) is 4.20. The molecule has 6 nitrogen and oxygen atoms in total. The number of sulfone groups is 1. The number of hydrogen-bond donors (Lipinski definition) is 2. The SMILES string of the molecule is Cc1c([C@@H](NC(=O)Nc2ccc(S(C)(=O)=O)cc2)C(C)C)oc2ccccc12. The summed E-state index contributed by atoms with van der Waals surface area (Å²) in [6.45, 7) is 6.01. The molecule has 28 heavy (non-hydrogen) atoms. The van der Waals surface area contributed by atoms with Gasteiger partial charge in [-0.1, -0.05) is 32.0 Å². The van der Waals surface area contributed by atoms with Crippen molar-refractivity contribution in [3.8, 4) is 0 Å². The first-order valence-electron chi connectivity index (χ1n) is 9.02. The van der Waals surface area contributed by atoms with Gasteiger partial charge in [0.1, 0.15) is 11.3 Å². The van der Waals surface area contributed by atoms with Gasteiger partial charge >= 0.3 is 6.03 Å². The van der Waals surface area contributed by atoms with E-state index in [1.807, 2.05) is 45.0 Å². The van der Waals surface area contributed by atoms with Gasteiger partial charge in [0, 0.05) is 22.9 Å². The summed E-state index contributed by atoms with van der Waals surface area (Å²) in [4.78, 5) is 12.7. The second kappa shape index (κ2) is 7.67. The van der Waals surface area contributed by atoms with Crippen LogP contribution in [0.3, 0.4) is 0 Å². The molecule has 0 aliphatic rings. The van der Waals surface area contributed by atoms with Crippen LogP contribution in [0.25, 0.3) is 11.0 Å². The fourth-order valence-electron chi connectivity index (χ4n) is 3.12. The summed E-state index contributed by atoms with van der Waals surface area (Å²) in [6.07, 6.45) is 1.14. The number of benzene rings is 2. The van der Waals surface area contributed by atoms with Crippen LogP contribution in [0.1, 0.15) is 31.2 Å². The predicted molar refractivity (Wildman–Crippen MR) is 110 cm³/mol. The van der Waals surface area contributed by atoms with Crippen molar-refractivity contribution in [1.82, 2.24) is 5.32 Å². The minimum Gasteiger partial charge on any atom is -0.459 e. The summed E-state index contributed by atoms with van der Waals surface area (Å²) in [5.74, 6) is 0.844. The van der Waals surface area contributed by atoms with Gasteiger partial charge in [0.15, 0.2) is 9.84 Å². The highest BCUT2D eigenvalue weighted by atomic mass is 32.2. The molecule has 2 N–H and O–H groups in total. The van der Waals surface area contributed by atoms with Crippen molar-refractivity contribution in [2.24, 2.45) is 5.92 Å². The second-order valence-electron chi connectivity index (χ2n) is 7.20. The van der Waals surface area contributed by atoms with Crippen molar-refractivity contribution in [3.05, 3.63) is 59.9 Å². The number of carbonyl (C=O) groups excluding carboxylic acids is 1. The van der Waals surface area contributed by atoms with E-state index < -0.39 is 9.84 Å². The van der Waals surface area contributed by atoms with Crippen molar-refractivity contribution in [3.63, 3.8) is 0 Å². The Kier molecular flexibility index (Phi) is 5.47. The normalized spacial score (nSPS) is 12.9. The lowest BCUT2D eigenvalue weighted by atomic mass is 9.98. The molecule has 7 heteroatoms. The van der Waals surface area contributed by atoms with Crippen molar-refractivity contribution in [2.45, 2.75) is 31.7 Å². The molecular weight excluding hydrogens is 376 g/mol. The van der Waals surface area contributed by atoms with Gasteiger partial charge in [-0.2, -0.15) is 0 Å². The first kappa shape index (κ1) is 19.9. The maximum atomic E-state index is 12.5. The highest BCUT2D eigenvalue weighted by Crippen LogP contribution is 2.32. The van der Waals surface area contributed by atoms with Gasteiger partial charge in [0.05, 0.1) is 10.9 Å². The molecule has 148 valence electrons. The van der Waals surface area contributed by atoms with Crippen LogP contribution in [-0.2, 0) is 9.84 Å². The van der Waals surface area contributed by atoms with Crippen LogP contribution >= 0.6 is 0 Å². The number of hydrogen-bond acceptors (Lipinski definition) is 4. The second-order valence-corrected chi connectivity index (χ2v) is 9.22. The number of aryl methyl sites for hydroxylation is 1. The Morgan fingerprint density at radius 1 is 1.04 bits per heavy atom. The Hall–Kier alpha value is -2.80. The molecule has 0 aliphatic heterocycles. The van der Waals surface area contributed by atoms with Crippen LogP contribution in [0.2, 0.25) is 0 Å². The highest BCUT2D eigenvalue weighted by molar-refractivity contribution is 7.90. The van der Waals surface area contributed by atoms with E-state index in [2.05, 4.69) is 10.6 Å². The smallest absolute Gasteiger partial charge is 0.319 e. The van der Waals surface area contributed by atoms with E-state index >= 15 is 0 Å². The van der Waals surface area contributed by atoms with Crippen LogP contribution in [-0.4, -0.2) is 20.7 Å². The molecule has 1 heterocycles. The number of anilines is 1. The van der Waals surface area contributed by atoms with E-state index in [4.69, 9.17) is 4.42 Å². The number of amides is 2. The lowest BCUT2D eigenvalue weighted by molar-refractivity contribution is 0.241. The molecule has 0 saturated carbocycles. The molecule has 0 saturated heterocycles. The lowest BCUT2D eigenvalue weighted by Gasteiger charge is -2.21. The summed E-state index contributed by atoms with van der Waals surface area (Å²) >= 11 is 0. The summed E-state index contributed by atoms with van der Waals surface area (Å²) in [5.41, 5.74) is 2.31. The minimum atomic E-state index is -3.27. The van der Waals surface area contributed by atoms with Gasteiger partial charge in [-0.3, -0.25) is 0 Å². The maximum absolute atomic E-state index is 12.5. The predicted octanol–water partition coefficient (Wildman–Crippen LogP) is 4.66. The van der Waals surface area contributed by atoms with Crippen LogP contribution in [0.5, 0.6) is 0 Å². The molecule has 3 rings (SSSR count). The number of furan rings is 1. The molecule has 0 unspecified atom stereocenters. The largest absolute Gasteiger partial charge is 0.459 e. The van der Waals surface area contributed by atoms with Crippen LogP contribution in [0.15, 0.2) is 57.8 Å². The number of nitrogens with one attached hydrogen (secondary N) is 2. The summed E-state index contributed by atoms with van der Waals surface area (Å²) < 4.78 is 29.1. The lowest BCUT2D eigenvalue weighted by Crippen LogP contribution is -2.35.